The number of hydrogen-bond donors (Lipinski definition) is 0. The van der Waals surface area contributed by atoms with Crippen molar-refractivity contribution in [1.29, 1.82) is 0 Å². The number of nitro groups is 1. The molecule has 28 heavy (non-hydrogen) atoms. The molecule has 2 aromatic carbocycles. The average molecular weight is 383 g/mol. The number of nitrogens with zero attached hydrogens (tertiary/aromatic N) is 3. The van der Waals surface area contributed by atoms with Crippen molar-refractivity contribution in [1.82, 2.24) is 4.90 Å². The van der Waals surface area contributed by atoms with Crippen molar-refractivity contribution < 1.29 is 23.9 Å². The van der Waals surface area contributed by atoms with E-state index in [1.165, 1.54) is 24.4 Å². The number of carbonyl (C=O) groups excluding carboxylic acids is 1. The number of cyclic esters (lactones) is 1. The lowest BCUT2D eigenvalue weighted by atomic mass is 10.1. The standard InChI is InChI=1S/C19H17N3O6/c1-21(2)11-16-19(23)28-18(20-16)15-10-12(22(24)25)4-9-17(15)27-14-7-5-13(26-3)6-8-14/h4-11H,1-3H3/b16-11-. The van der Waals surface area contributed by atoms with Crippen molar-refractivity contribution in [3.8, 4) is 17.2 Å². The highest BCUT2D eigenvalue weighted by Gasteiger charge is 2.28. The van der Waals surface area contributed by atoms with E-state index in [9.17, 15) is 14.9 Å². The number of methoxy groups -OCH3 is 1. The van der Waals surface area contributed by atoms with Gasteiger partial charge >= 0.3 is 5.97 Å². The maximum atomic E-state index is 12.0. The smallest absolute Gasteiger partial charge is 0.365 e. The first-order chi connectivity index (χ1) is 13.4. The van der Waals surface area contributed by atoms with Gasteiger partial charge in [0.05, 0.1) is 17.6 Å². The number of ether oxygens (including phenoxy) is 3. The summed E-state index contributed by atoms with van der Waals surface area (Å²) in [6, 6.07) is 10.8. The fourth-order valence-electron chi connectivity index (χ4n) is 2.42. The maximum Gasteiger partial charge on any atom is 0.365 e. The number of aliphatic imine (C=N–C) groups is 1. The predicted octanol–water partition coefficient (Wildman–Crippen LogP) is 3.10. The molecular weight excluding hydrogens is 366 g/mol. The Balaban J connectivity index is 2.01. The van der Waals surface area contributed by atoms with Gasteiger partial charge in [0.15, 0.2) is 5.70 Å². The third-order valence-corrected chi connectivity index (χ3v) is 3.69. The summed E-state index contributed by atoms with van der Waals surface area (Å²) in [4.78, 5) is 28.4. The van der Waals surface area contributed by atoms with Crippen LogP contribution >= 0.6 is 0 Å². The molecule has 0 saturated carbocycles. The molecule has 0 bridgehead atoms. The van der Waals surface area contributed by atoms with Crippen LogP contribution < -0.4 is 9.47 Å². The Labute approximate surface area is 160 Å². The summed E-state index contributed by atoms with van der Waals surface area (Å²) >= 11 is 0. The second-order valence-corrected chi connectivity index (χ2v) is 6.00. The van der Waals surface area contributed by atoms with Gasteiger partial charge in [-0.1, -0.05) is 0 Å². The molecular formula is C19H17N3O6. The van der Waals surface area contributed by atoms with E-state index in [0.29, 0.717) is 11.5 Å². The Hall–Kier alpha value is -3.88. The minimum absolute atomic E-state index is 0.0645. The molecule has 0 saturated heterocycles. The zero-order valence-electron chi connectivity index (χ0n) is 15.4. The Bertz CT molecular complexity index is 980. The third-order valence-electron chi connectivity index (χ3n) is 3.69. The lowest BCUT2D eigenvalue weighted by molar-refractivity contribution is -0.384. The van der Waals surface area contributed by atoms with Gasteiger partial charge in [-0.3, -0.25) is 10.1 Å². The molecule has 1 aliphatic rings. The van der Waals surface area contributed by atoms with E-state index in [1.807, 2.05) is 0 Å². The van der Waals surface area contributed by atoms with Crippen LogP contribution in [0.4, 0.5) is 5.69 Å². The van der Waals surface area contributed by atoms with Gasteiger partial charge in [0.25, 0.3) is 5.69 Å². The molecule has 0 unspecified atom stereocenters. The van der Waals surface area contributed by atoms with Gasteiger partial charge in [-0.15, -0.1) is 0 Å². The van der Waals surface area contributed by atoms with E-state index >= 15 is 0 Å². The number of benzene rings is 2. The van der Waals surface area contributed by atoms with Crippen LogP contribution in [-0.2, 0) is 9.53 Å². The summed E-state index contributed by atoms with van der Waals surface area (Å²) in [5.74, 6) is 0.679. The molecule has 1 heterocycles. The van der Waals surface area contributed by atoms with Crippen molar-refractivity contribution in [3.05, 3.63) is 70.0 Å². The van der Waals surface area contributed by atoms with Gasteiger partial charge in [0, 0.05) is 32.4 Å². The number of esters is 1. The Morgan fingerprint density at radius 1 is 1.14 bits per heavy atom. The van der Waals surface area contributed by atoms with E-state index in [-0.39, 0.29) is 28.6 Å². The molecule has 0 atom stereocenters. The SMILES string of the molecule is COc1ccc(Oc2ccc([N+](=O)[O-])cc2C2=N/C(=C\N(C)C)C(=O)O2)cc1. The molecule has 9 heteroatoms. The number of rotatable bonds is 6. The number of carbonyl (C=O) groups is 1. The fraction of sp³-hybridized carbons (Fsp3) is 0.158. The van der Waals surface area contributed by atoms with Crippen molar-refractivity contribution in [2.24, 2.45) is 4.99 Å². The molecule has 9 nitrogen and oxygen atoms in total. The predicted molar refractivity (Wildman–Crippen MR) is 101 cm³/mol. The van der Waals surface area contributed by atoms with Gasteiger partial charge < -0.3 is 19.1 Å². The van der Waals surface area contributed by atoms with Crippen molar-refractivity contribution in [3.63, 3.8) is 0 Å². The molecule has 0 amide bonds. The van der Waals surface area contributed by atoms with Gasteiger partial charge in [-0.2, -0.15) is 0 Å². The summed E-state index contributed by atoms with van der Waals surface area (Å²) in [5, 5.41) is 11.2. The molecule has 3 rings (SSSR count). The molecule has 0 N–H and O–H groups in total. The Morgan fingerprint density at radius 2 is 1.82 bits per heavy atom. The van der Waals surface area contributed by atoms with Crippen LogP contribution in [-0.4, -0.2) is 42.9 Å². The van der Waals surface area contributed by atoms with Gasteiger partial charge in [0.2, 0.25) is 5.90 Å². The normalized spacial score (nSPS) is 14.5. The molecule has 0 fully saturated rings. The Morgan fingerprint density at radius 3 is 2.43 bits per heavy atom. The van der Waals surface area contributed by atoms with Crippen LogP contribution in [0.25, 0.3) is 0 Å². The van der Waals surface area contributed by atoms with Crippen LogP contribution in [0.5, 0.6) is 17.2 Å². The first-order valence-electron chi connectivity index (χ1n) is 8.17. The van der Waals surface area contributed by atoms with Gasteiger partial charge in [-0.25, -0.2) is 9.79 Å². The molecule has 1 aliphatic heterocycles. The monoisotopic (exact) mass is 383 g/mol. The molecule has 144 valence electrons. The molecule has 0 radical (unpaired) electrons. The van der Waals surface area contributed by atoms with Crippen LogP contribution in [0.3, 0.4) is 0 Å². The van der Waals surface area contributed by atoms with Crippen LogP contribution in [0, 0.1) is 10.1 Å². The zero-order chi connectivity index (χ0) is 20.3. The molecule has 0 aliphatic carbocycles. The summed E-state index contributed by atoms with van der Waals surface area (Å²) in [7, 11) is 5.02. The number of nitro benzene ring substituents is 1. The highest BCUT2D eigenvalue weighted by atomic mass is 16.6. The van der Waals surface area contributed by atoms with Gasteiger partial charge in [0.1, 0.15) is 17.2 Å². The van der Waals surface area contributed by atoms with Crippen molar-refractivity contribution >= 4 is 17.6 Å². The third kappa shape index (κ3) is 4.09. The van der Waals surface area contributed by atoms with E-state index in [2.05, 4.69) is 4.99 Å². The van der Waals surface area contributed by atoms with Crippen LogP contribution in [0.2, 0.25) is 0 Å². The maximum absolute atomic E-state index is 12.0. The number of hydrogen-bond acceptors (Lipinski definition) is 8. The van der Waals surface area contributed by atoms with E-state index in [4.69, 9.17) is 14.2 Å². The van der Waals surface area contributed by atoms with Gasteiger partial charge in [-0.05, 0) is 30.3 Å². The highest BCUT2D eigenvalue weighted by molar-refractivity contribution is 6.12. The number of non-ortho nitro benzene ring substituents is 1. The fourth-order valence-corrected chi connectivity index (χ4v) is 2.42. The van der Waals surface area contributed by atoms with Crippen molar-refractivity contribution in [2.75, 3.05) is 21.2 Å². The van der Waals surface area contributed by atoms with Crippen LogP contribution in [0.1, 0.15) is 5.56 Å². The summed E-state index contributed by atoms with van der Waals surface area (Å²) in [6.07, 6.45) is 1.50. The molecule has 2 aromatic rings. The lowest BCUT2D eigenvalue weighted by Gasteiger charge is -2.11. The van der Waals surface area contributed by atoms with E-state index in [1.54, 1.807) is 50.4 Å². The minimum atomic E-state index is -0.648. The molecule has 0 spiro atoms. The quantitative estimate of drug-likeness (QED) is 0.327. The van der Waals surface area contributed by atoms with E-state index < -0.39 is 10.9 Å². The van der Waals surface area contributed by atoms with E-state index in [0.717, 1.165) is 0 Å². The average Bonchev–Trinajstić information content (AvgIpc) is 3.02. The summed E-state index contributed by atoms with van der Waals surface area (Å²) in [5.41, 5.74) is 0.100. The van der Waals surface area contributed by atoms with Crippen LogP contribution in [0.15, 0.2) is 59.4 Å². The summed E-state index contributed by atoms with van der Waals surface area (Å²) in [6.45, 7) is 0. The topological polar surface area (TPSA) is 103 Å². The Kier molecular flexibility index (Phi) is 5.25. The first-order valence-corrected chi connectivity index (χ1v) is 8.17. The zero-order valence-corrected chi connectivity index (χ0v) is 15.4. The lowest BCUT2D eigenvalue weighted by Crippen LogP contribution is -2.09. The molecule has 0 aromatic heterocycles. The largest absolute Gasteiger partial charge is 0.497 e. The second-order valence-electron chi connectivity index (χ2n) is 6.00. The summed E-state index contributed by atoms with van der Waals surface area (Å²) < 4.78 is 16.1. The second kappa shape index (κ2) is 7.78. The van der Waals surface area contributed by atoms with Crippen molar-refractivity contribution in [2.45, 2.75) is 0 Å². The highest BCUT2D eigenvalue weighted by Crippen LogP contribution is 2.32. The minimum Gasteiger partial charge on any atom is -0.497 e. The first kappa shape index (κ1) is 18.9.